The van der Waals surface area contributed by atoms with Crippen LogP contribution < -0.4 is 15.8 Å². The number of nitrogens with one attached hydrogen (secondary N) is 1. The van der Waals surface area contributed by atoms with Gasteiger partial charge in [0.1, 0.15) is 11.4 Å². The standard InChI is InChI=1S/C15H20N4O2/c1-4-19-14(11(16)9-17-19)15(20)18-12-7-6-10(3)8-13(12)21-5-2/h6-9H,4-5,16H2,1-3H3,(H,18,20). The van der Waals surface area contributed by atoms with Gasteiger partial charge in [-0.2, -0.15) is 5.10 Å². The van der Waals surface area contributed by atoms with Crippen molar-refractivity contribution < 1.29 is 9.53 Å². The Hall–Kier alpha value is -2.50. The Bertz CT molecular complexity index is 649. The van der Waals surface area contributed by atoms with Crippen LogP contribution in [0.25, 0.3) is 0 Å². The Kier molecular flexibility index (Phi) is 4.47. The molecule has 1 amide bonds. The number of amides is 1. The topological polar surface area (TPSA) is 82.2 Å². The van der Waals surface area contributed by atoms with Crippen LogP contribution in [-0.4, -0.2) is 22.3 Å². The molecule has 2 rings (SSSR count). The first-order chi connectivity index (χ1) is 10.1. The predicted molar refractivity (Wildman–Crippen MR) is 82.6 cm³/mol. The van der Waals surface area contributed by atoms with Crippen LogP contribution in [0.2, 0.25) is 0 Å². The van der Waals surface area contributed by atoms with E-state index in [-0.39, 0.29) is 5.91 Å². The summed E-state index contributed by atoms with van der Waals surface area (Å²) in [4.78, 5) is 12.4. The second-order valence-electron chi connectivity index (χ2n) is 4.65. The second-order valence-corrected chi connectivity index (χ2v) is 4.65. The first-order valence-corrected chi connectivity index (χ1v) is 6.92. The van der Waals surface area contributed by atoms with Gasteiger partial charge < -0.3 is 15.8 Å². The summed E-state index contributed by atoms with van der Waals surface area (Å²) < 4.78 is 7.12. The molecule has 0 atom stereocenters. The van der Waals surface area contributed by atoms with E-state index in [1.807, 2.05) is 39.0 Å². The zero-order valence-electron chi connectivity index (χ0n) is 12.5. The summed E-state index contributed by atoms with van der Waals surface area (Å²) >= 11 is 0. The minimum atomic E-state index is -0.295. The van der Waals surface area contributed by atoms with Crippen molar-refractivity contribution in [1.82, 2.24) is 9.78 Å². The number of hydrogen-bond donors (Lipinski definition) is 2. The molecule has 112 valence electrons. The van der Waals surface area contributed by atoms with E-state index in [0.717, 1.165) is 5.56 Å². The summed E-state index contributed by atoms with van der Waals surface area (Å²) in [6.07, 6.45) is 1.48. The Balaban J connectivity index is 2.29. The smallest absolute Gasteiger partial charge is 0.276 e. The number of aryl methyl sites for hydroxylation is 2. The van der Waals surface area contributed by atoms with Crippen molar-refractivity contribution in [2.45, 2.75) is 27.3 Å². The van der Waals surface area contributed by atoms with Crippen LogP contribution in [-0.2, 0) is 6.54 Å². The summed E-state index contributed by atoms with van der Waals surface area (Å²) in [5.41, 5.74) is 8.22. The fraction of sp³-hybridized carbons (Fsp3) is 0.333. The van der Waals surface area contributed by atoms with Crippen LogP contribution in [0.5, 0.6) is 5.75 Å². The highest BCUT2D eigenvalue weighted by Gasteiger charge is 2.17. The van der Waals surface area contributed by atoms with Gasteiger partial charge in [-0.3, -0.25) is 9.48 Å². The number of nitrogens with two attached hydrogens (primary N) is 1. The number of aromatic nitrogens is 2. The van der Waals surface area contributed by atoms with Crippen molar-refractivity contribution in [2.75, 3.05) is 17.7 Å². The summed E-state index contributed by atoms with van der Waals surface area (Å²) in [6.45, 7) is 6.88. The molecule has 0 spiro atoms. The molecular weight excluding hydrogens is 268 g/mol. The molecule has 21 heavy (non-hydrogen) atoms. The summed E-state index contributed by atoms with van der Waals surface area (Å²) in [5.74, 6) is 0.351. The predicted octanol–water partition coefficient (Wildman–Crippen LogP) is 2.44. The molecular formula is C15H20N4O2. The molecule has 0 saturated heterocycles. The van der Waals surface area contributed by atoms with Gasteiger partial charge in [0, 0.05) is 6.54 Å². The van der Waals surface area contributed by atoms with Crippen molar-refractivity contribution in [3.8, 4) is 5.75 Å². The molecule has 6 nitrogen and oxygen atoms in total. The lowest BCUT2D eigenvalue weighted by Gasteiger charge is -2.13. The number of nitrogens with zero attached hydrogens (tertiary/aromatic N) is 2. The van der Waals surface area contributed by atoms with E-state index in [0.29, 0.717) is 36.0 Å². The molecule has 6 heteroatoms. The molecule has 2 aromatic rings. The molecule has 0 bridgehead atoms. The van der Waals surface area contributed by atoms with Gasteiger partial charge in [-0.15, -0.1) is 0 Å². The van der Waals surface area contributed by atoms with Crippen LogP contribution in [0, 0.1) is 6.92 Å². The maximum atomic E-state index is 12.4. The molecule has 0 aliphatic rings. The van der Waals surface area contributed by atoms with Gasteiger partial charge >= 0.3 is 0 Å². The van der Waals surface area contributed by atoms with Crippen LogP contribution in [0.1, 0.15) is 29.9 Å². The molecule has 0 fully saturated rings. The molecule has 0 aliphatic heterocycles. The van der Waals surface area contributed by atoms with Gasteiger partial charge in [0.2, 0.25) is 0 Å². The Labute approximate surface area is 123 Å². The maximum Gasteiger partial charge on any atom is 0.276 e. The van der Waals surface area contributed by atoms with Gasteiger partial charge in [0.25, 0.3) is 5.91 Å². The molecule has 1 heterocycles. The maximum absolute atomic E-state index is 12.4. The van der Waals surface area contributed by atoms with Crippen molar-refractivity contribution in [1.29, 1.82) is 0 Å². The van der Waals surface area contributed by atoms with E-state index in [4.69, 9.17) is 10.5 Å². The minimum absolute atomic E-state index is 0.295. The van der Waals surface area contributed by atoms with E-state index >= 15 is 0 Å². The number of nitrogen functional groups attached to an aromatic ring is 1. The number of carbonyl (C=O) groups excluding carboxylic acids is 1. The van der Waals surface area contributed by atoms with E-state index in [9.17, 15) is 4.79 Å². The van der Waals surface area contributed by atoms with Crippen LogP contribution in [0.4, 0.5) is 11.4 Å². The third kappa shape index (κ3) is 3.16. The average Bonchev–Trinajstić information content (AvgIpc) is 2.83. The van der Waals surface area contributed by atoms with Crippen molar-refractivity contribution in [3.63, 3.8) is 0 Å². The highest BCUT2D eigenvalue weighted by atomic mass is 16.5. The molecule has 0 saturated carbocycles. The number of benzene rings is 1. The van der Waals surface area contributed by atoms with Gasteiger partial charge in [0.15, 0.2) is 0 Å². The molecule has 1 aromatic heterocycles. The molecule has 0 aliphatic carbocycles. The fourth-order valence-electron chi connectivity index (χ4n) is 2.08. The van der Waals surface area contributed by atoms with Crippen molar-refractivity contribution in [2.24, 2.45) is 0 Å². The highest BCUT2D eigenvalue weighted by Crippen LogP contribution is 2.26. The van der Waals surface area contributed by atoms with E-state index in [2.05, 4.69) is 10.4 Å². The summed E-state index contributed by atoms with van der Waals surface area (Å²) in [6, 6.07) is 5.62. The quantitative estimate of drug-likeness (QED) is 0.885. The Morgan fingerprint density at radius 2 is 2.19 bits per heavy atom. The van der Waals surface area contributed by atoms with Crippen LogP contribution >= 0.6 is 0 Å². The van der Waals surface area contributed by atoms with Gasteiger partial charge in [-0.05, 0) is 38.5 Å². The number of rotatable bonds is 5. The monoisotopic (exact) mass is 288 g/mol. The Morgan fingerprint density at radius 3 is 2.86 bits per heavy atom. The molecule has 0 unspecified atom stereocenters. The number of carbonyl (C=O) groups is 1. The van der Waals surface area contributed by atoms with E-state index in [1.54, 1.807) is 4.68 Å². The average molecular weight is 288 g/mol. The van der Waals surface area contributed by atoms with E-state index < -0.39 is 0 Å². The number of hydrogen-bond acceptors (Lipinski definition) is 4. The lowest BCUT2D eigenvalue weighted by Crippen LogP contribution is -2.19. The summed E-state index contributed by atoms with van der Waals surface area (Å²) in [5, 5.41) is 6.91. The van der Waals surface area contributed by atoms with Crippen molar-refractivity contribution >= 4 is 17.3 Å². The second kappa shape index (κ2) is 6.30. The number of ether oxygens (including phenoxy) is 1. The molecule has 3 N–H and O–H groups in total. The molecule has 1 aromatic carbocycles. The zero-order valence-corrected chi connectivity index (χ0v) is 12.5. The lowest BCUT2D eigenvalue weighted by molar-refractivity contribution is 0.101. The zero-order chi connectivity index (χ0) is 15.4. The SMILES string of the molecule is CCOc1cc(C)ccc1NC(=O)c1c(N)cnn1CC. The van der Waals surface area contributed by atoms with E-state index in [1.165, 1.54) is 6.20 Å². The third-order valence-corrected chi connectivity index (χ3v) is 3.07. The minimum Gasteiger partial charge on any atom is -0.492 e. The van der Waals surface area contributed by atoms with Gasteiger partial charge in [-0.25, -0.2) is 0 Å². The highest BCUT2D eigenvalue weighted by molar-refractivity contribution is 6.07. The van der Waals surface area contributed by atoms with Crippen LogP contribution in [0.15, 0.2) is 24.4 Å². The van der Waals surface area contributed by atoms with Gasteiger partial charge in [0.05, 0.1) is 24.2 Å². The Morgan fingerprint density at radius 1 is 1.43 bits per heavy atom. The van der Waals surface area contributed by atoms with Crippen molar-refractivity contribution in [3.05, 3.63) is 35.7 Å². The summed E-state index contributed by atoms with van der Waals surface area (Å²) in [7, 11) is 0. The fourth-order valence-corrected chi connectivity index (χ4v) is 2.08. The van der Waals surface area contributed by atoms with Gasteiger partial charge in [-0.1, -0.05) is 6.07 Å². The lowest BCUT2D eigenvalue weighted by atomic mass is 10.2. The van der Waals surface area contributed by atoms with Crippen LogP contribution in [0.3, 0.4) is 0 Å². The normalized spacial score (nSPS) is 10.4. The molecule has 0 radical (unpaired) electrons. The first-order valence-electron chi connectivity index (χ1n) is 6.92. The largest absolute Gasteiger partial charge is 0.492 e. The first kappa shape index (κ1) is 14.9. The number of anilines is 2. The third-order valence-electron chi connectivity index (χ3n) is 3.07.